The van der Waals surface area contributed by atoms with E-state index in [1.54, 1.807) is 11.3 Å². The predicted molar refractivity (Wildman–Crippen MR) is 90.4 cm³/mol. The molecular weight excluding hydrogens is 354 g/mol. The van der Waals surface area contributed by atoms with Crippen molar-refractivity contribution in [3.8, 4) is 21.8 Å². The van der Waals surface area contributed by atoms with Gasteiger partial charge in [-0.1, -0.05) is 63.9 Å². The van der Waals surface area contributed by atoms with Gasteiger partial charge in [-0.2, -0.15) is 0 Å². The first-order valence-electron chi connectivity index (χ1n) is 6.14. The lowest BCUT2D eigenvalue weighted by Gasteiger charge is -2.01. The highest BCUT2D eigenvalue weighted by atomic mass is 79.9. The number of nitrogens with zero attached hydrogens (tertiary/aromatic N) is 1. The zero-order valence-electron chi connectivity index (χ0n) is 10.7. The van der Waals surface area contributed by atoms with Gasteiger partial charge < -0.3 is 0 Å². The first-order chi connectivity index (χ1) is 9.66. The van der Waals surface area contributed by atoms with Crippen LogP contribution in [0.2, 0.25) is 5.02 Å². The molecule has 0 radical (unpaired) electrons. The first-order valence-corrected chi connectivity index (χ1v) is 8.13. The highest BCUT2D eigenvalue weighted by Gasteiger charge is 2.14. The Hall–Kier alpha value is -1.16. The van der Waals surface area contributed by atoms with Gasteiger partial charge in [0.2, 0.25) is 0 Å². The number of hydrogen-bond acceptors (Lipinski definition) is 2. The maximum atomic E-state index is 6.26. The predicted octanol–water partition coefficient (Wildman–Crippen LogP) is 6.20. The van der Waals surface area contributed by atoms with E-state index < -0.39 is 0 Å². The van der Waals surface area contributed by atoms with Crippen molar-refractivity contribution in [1.82, 2.24) is 4.98 Å². The Morgan fingerprint density at radius 3 is 2.35 bits per heavy atom. The fraction of sp³-hybridized carbons (Fsp3) is 0.0625. The molecule has 0 bridgehead atoms. The second-order valence-corrected chi connectivity index (χ2v) is 6.85. The van der Waals surface area contributed by atoms with E-state index in [0.29, 0.717) is 0 Å². The van der Waals surface area contributed by atoms with Gasteiger partial charge in [-0.15, -0.1) is 11.3 Å². The van der Waals surface area contributed by atoms with Gasteiger partial charge in [0.25, 0.3) is 0 Å². The van der Waals surface area contributed by atoms with E-state index in [4.69, 9.17) is 16.6 Å². The van der Waals surface area contributed by atoms with Crippen LogP contribution in [0.1, 0.15) is 4.88 Å². The minimum atomic E-state index is 0.736. The second kappa shape index (κ2) is 5.68. The Morgan fingerprint density at radius 1 is 1.00 bits per heavy atom. The van der Waals surface area contributed by atoms with E-state index in [1.807, 2.05) is 42.5 Å². The summed E-state index contributed by atoms with van der Waals surface area (Å²) < 4.78 is 1.05. The molecule has 0 aliphatic rings. The summed E-state index contributed by atoms with van der Waals surface area (Å²) in [7, 11) is 0. The maximum Gasteiger partial charge on any atom is 0.125 e. The van der Waals surface area contributed by atoms with Crippen LogP contribution < -0.4 is 0 Å². The van der Waals surface area contributed by atoms with E-state index in [-0.39, 0.29) is 0 Å². The fourth-order valence-electron chi connectivity index (χ4n) is 2.05. The van der Waals surface area contributed by atoms with Gasteiger partial charge in [-0.25, -0.2) is 4.98 Å². The van der Waals surface area contributed by atoms with Crippen LogP contribution in [0.25, 0.3) is 21.8 Å². The molecule has 0 fully saturated rings. The number of aryl methyl sites for hydroxylation is 1. The van der Waals surface area contributed by atoms with Crippen LogP contribution in [-0.4, -0.2) is 4.98 Å². The van der Waals surface area contributed by atoms with Crippen molar-refractivity contribution in [2.45, 2.75) is 6.92 Å². The Bertz CT molecular complexity index is 767. The molecule has 0 aliphatic heterocycles. The SMILES string of the molecule is Cc1sc(-c2ccccc2Cl)nc1-c1ccccc1Br. The average Bonchev–Trinajstić information content (AvgIpc) is 2.81. The van der Waals surface area contributed by atoms with Gasteiger partial charge in [0.05, 0.1) is 10.7 Å². The number of thiazole rings is 1. The van der Waals surface area contributed by atoms with Gasteiger partial charge >= 0.3 is 0 Å². The van der Waals surface area contributed by atoms with Crippen molar-refractivity contribution in [1.29, 1.82) is 0 Å². The topological polar surface area (TPSA) is 12.9 Å². The van der Waals surface area contributed by atoms with E-state index in [9.17, 15) is 0 Å². The van der Waals surface area contributed by atoms with E-state index in [1.165, 1.54) is 4.88 Å². The lowest BCUT2D eigenvalue weighted by molar-refractivity contribution is 1.36. The third-order valence-electron chi connectivity index (χ3n) is 3.03. The fourth-order valence-corrected chi connectivity index (χ4v) is 3.77. The highest BCUT2D eigenvalue weighted by Crippen LogP contribution is 2.38. The highest BCUT2D eigenvalue weighted by molar-refractivity contribution is 9.10. The minimum absolute atomic E-state index is 0.736. The van der Waals surface area contributed by atoms with Crippen LogP contribution in [0, 0.1) is 6.92 Å². The molecule has 1 nitrogen and oxygen atoms in total. The van der Waals surface area contributed by atoms with Crippen LogP contribution in [-0.2, 0) is 0 Å². The summed E-state index contributed by atoms with van der Waals surface area (Å²) in [4.78, 5) is 5.96. The molecule has 3 rings (SSSR count). The number of benzene rings is 2. The molecule has 0 atom stereocenters. The molecule has 2 aromatic carbocycles. The molecule has 4 heteroatoms. The number of hydrogen-bond donors (Lipinski definition) is 0. The Balaban J connectivity index is 2.13. The molecule has 0 unspecified atom stereocenters. The summed E-state index contributed by atoms with van der Waals surface area (Å²) in [5, 5.41) is 1.69. The molecule has 0 spiro atoms. The summed E-state index contributed by atoms with van der Waals surface area (Å²) >= 11 is 11.5. The zero-order valence-corrected chi connectivity index (χ0v) is 13.9. The summed E-state index contributed by atoms with van der Waals surface area (Å²) in [6.45, 7) is 2.09. The minimum Gasteiger partial charge on any atom is -0.236 e. The summed E-state index contributed by atoms with van der Waals surface area (Å²) in [6, 6.07) is 15.9. The number of halogens is 2. The van der Waals surface area contributed by atoms with Gasteiger partial charge in [0.15, 0.2) is 0 Å². The molecule has 0 saturated carbocycles. The molecule has 1 aromatic heterocycles. The standard InChI is InChI=1S/C16H11BrClNS/c1-10-15(11-6-2-4-8-13(11)17)19-16(20-10)12-7-3-5-9-14(12)18/h2-9H,1H3. The monoisotopic (exact) mass is 363 g/mol. The summed E-state index contributed by atoms with van der Waals surface area (Å²) in [6.07, 6.45) is 0. The zero-order chi connectivity index (χ0) is 14.1. The van der Waals surface area contributed by atoms with E-state index >= 15 is 0 Å². The van der Waals surface area contributed by atoms with Crippen molar-refractivity contribution in [2.24, 2.45) is 0 Å². The van der Waals surface area contributed by atoms with Crippen LogP contribution in [0.15, 0.2) is 53.0 Å². The molecule has 0 amide bonds. The van der Waals surface area contributed by atoms with Crippen LogP contribution in [0.4, 0.5) is 0 Å². The summed E-state index contributed by atoms with van der Waals surface area (Å²) in [5.74, 6) is 0. The largest absolute Gasteiger partial charge is 0.236 e. The van der Waals surface area contributed by atoms with Crippen molar-refractivity contribution in [2.75, 3.05) is 0 Å². The quantitative estimate of drug-likeness (QED) is 0.527. The van der Waals surface area contributed by atoms with Crippen LogP contribution in [0.3, 0.4) is 0 Å². The normalized spacial score (nSPS) is 10.8. The van der Waals surface area contributed by atoms with E-state index in [2.05, 4.69) is 28.9 Å². The molecule has 0 aliphatic carbocycles. The number of rotatable bonds is 2. The molecular formula is C16H11BrClNS. The average molecular weight is 365 g/mol. The molecule has 3 aromatic rings. The summed E-state index contributed by atoms with van der Waals surface area (Å²) in [5.41, 5.74) is 3.11. The molecule has 20 heavy (non-hydrogen) atoms. The van der Waals surface area contributed by atoms with Gasteiger partial charge in [-0.3, -0.25) is 0 Å². The van der Waals surface area contributed by atoms with Crippen LogP contribution >= 0.6 is 38.9 Å². The van der Waals surface area contributed by atoms with Crippen molar-refractivity contribution < 1.29 is 0 Å². The smallest absolute Gasteiger partial charge is 0.125 e. The second-order valence-electron chi connectivity index (χ2n) is 4.38. The van der Waals surface area contributed by atoms with Crippen molar-refractivity contribution in [3.63, 3.8) is 0 Å². The van der Waals surface area contributed by atoms with Gasteiger partial charge in [0.1, 0.15) is 5.01 Å². The third kappa shape index (κ3) is 2.53. The molecule has 100 valence electrons. The Kier molecular flexibility index (Phi) is 3.92. The third-order valence-corrected chi connectivity index (χ3v) is 5.06. The maximum absolute atomic E-state index is 6.26. The lowest BCUT2D eigenvalue weighted by atomic mass is 10.1. The molecule has 1 heterocycles. The van der Waals surface area contributed by atoms with Gasteiger partial charge in [-0.05, 0) is 19.1 Å². The molecule has 0 saturated heterocycles. The van der Waals surface area contributed by atoms with Gasteiger partial charge in [0, 0.05) is 20.5 Å². The van der Waals surface area contributed by atoms with Crippen LogP contribution in [0.5, 0.6) is 0 Å². The number of aromatic nitrogens is 1. The Morgan fingerprint density at radius 2 is 1.65 bits per heavy atom. The van der Waals surface area contributed by atoms with E-state index in [0.717, 1.165) is 31.3 Å². The molecule has 0 N–H and O–H groups in total. The van der Waals surface area contributed by atoms with Crippen molar-refractivity contribution in [3.05, 3.63) is 62.9 Å². The van der Waals surface area contributed by atoms with Crippen molar-refractivity contribution >= 4 is 38.9 Å². The lowest BCUT2D eigenvalue weighted by Crippen LogP contribution is -1.83. The Labute approximate surface area is 135 Å². The first kappa shape index (κ1) is 13.8.